The molecule has 0 radical (unpaired) electrons. The van der Waals surface area contributed by atoms with Gasteiger partial charge in [-0.3, -0.25) is 15.2 Å². The second kappa shape index (κ2) is 9.20. The number of aryl methyl sites for hydroxylation is 1. The van der Waals surface area contributed by atoms with Crippen molar-refractivity contribution in [2.75, 3.05) is 41.4 Å². The lowest BCUT2D eigenvalue weighted by molar-refractivity contribution is 0.0505. The standard InChI is InChI=1S/C23H25N7O4/c1-14-10-15(4-7-24-14)18-2-3-19-21(26-18)30(16-6-9-29(19)11-16)23(33)28-20-5-8-25-22(27-20)34-13-17(32)12-31/h2-5,7-8,10,16-17,31-32H,6,9,11-13H2,1H3,(H,25,27,28,33)/t16?,17-/m0/s1. The molecule has 3 aromatic rings. The first-order chi connectivity index (χ1) is 16.5. The van der Waals surface area contributed by atoms with Crippen LogP contribution >= 0.6 is 0 Å². The smallest absolute Gasteiger partial charge is 0.329 e. The van der Waals surface area contributed by atoms with E-state index in [1.54, 1.807) is 17.2 Å². The minimum atomic E-state index is -1.04. The van der Waals surface area contributed by atoms with Gasteiger partial charge in [-0.25, -0.2) is 14.8 Å². The highest BCUT2D eigenvalue weighted by Gasteiger charge is 2.40. The number of nitrogens with one attached hydrogen (secondary N) is 1. The summed E-state index contributed by atoms with van der Waals surface area (Å²) in [6.07, 6.45) is 3.00. The number of nitrogens with zero attached hydrogens (tertiary/aromatic N) is 6. The van der Waals surface area contributed by atoms with E-state index >= 15 is 0 Å². The Morgan fingerprint density at radius 1 is 1.24 bits per heavy atom. The van der Waals surface area contributed by atoms with Crippen molar-refractivity contribution in [2.45, 2.75) is 25.5 Å². The largest absolute Gasteiger partial charge is 0.461 e. The van der Waals surface area contributed by atoms with Crippen molar-refractivity contribution in [3.05, 3.63) is 48.4 Å². The Morgan fingerprint density at radius 2 is 2.09 bits per heavy atom. The highest BCUT2D eigenvalue weighted by molar-refractivity contribution is 6.04. The molecule has 2 aliphatic heterocycles. The number of carbonyl (C=O) groups is 1. The number of hydrogen-bond acceptors (Lipinski definition) is 9. The number of carbonyl (C=O) groups excluding carboxylic acids is 1. The van der Waals surface area contributed by atoms with E-state index in [-0.39, 0.29) is 30.5 Å². The molecule has 2 atom stereocenters. The van der Waals surface area contributed by atoms with Gasteiger partial charge < -0.3 is 19.8 Å². The maximum atomic E-state index is 13.4. The average Bonchev–Trinajstić information content (AvgIpc) is 3.26. The molecule has 3 N–H and O–H groups in total. The summed E-state index contributed by atoms with van der Waals surface area (Å²) in [4.78, 5) is 34.7. The number of aromatic nitrogens is 4. The zero-order valence-electron chi connectivity index (χ0n) is 18.6. The van der Waals surface area contributed by atoms with E-state index in [9.17, 15) is 9.90 Å². The van der Waals surface area contributed by atoms with Crippen molar-refractivity contribution in [3.63, 3.8) is 0 Å². The average molecular weight is 463 g/mol. The number of rotatable bonds is 6. The van der Waals surface area contributed by atoms with Crippen LogP contribution in [-0.2, 0) is 0 Å². The van der Waals surface area contributed by atoms with Crippen molar-refractivity contribution in [1.29, 1.82) is 0 Å². The topological polar surface area (TPSA) is 137 Å². The van der Waals surface area contributed by atoms with Crippen LogP contribution in [0.25, 0.3) is 11.3 Å². The van der Waals surface area contributed by atoms with Gasteiger partial charge in [0.2, 0.25) is 0 Å². The molecule has 0 spiro atoms. The Kier molecular flexibility index (Phi) is 5.95. The normalized spacial score (nSPS) is 17.3. The van der Waals surface area contributed by atoms with Gasteiger partial charge in [-0.1, -0.05) is 0 Å². The molecular formula is C23H25N7O4. The molecule has 2 aliphatic rings. The number of pyridine rings is 2. The number of anilines is 3. The fraction of sp³-hybridized carbons (Fsp3) is 0.348. The lowest BCUT2D eigenvalue weighted by atomic mass is 10.1. The summed E-state index contributed by atoms with van der Waals surface area (Å²) >= 11 is 0. The summed E-state index contributed by atoms with van der Waals surface area (Å²) in [5.41, 5.74) is 3.52. The second-order valence-corrected chi connectivity index (χ2v) is 8.29. The molecule has 0 aliphatic carbocycles. The lowest BCUT2D eigenvalue weighted by Gasteiger charge is -2.35. The number of hydrogen-bond donors (Lipinski definition) is 3. The van der Waals surface area contributed by atoms with Gasteiger partial charge >= 0.3 is 12.0 Å². The maximum Gasteiger partial charge on any atom is 0.329 e. The van der Waals surface area contributed by atoms with Crippen molar-refractivity contribution in [3.8, 4) is 17.3 Å². The van der Waals surface area contributed by atoms with Crippen LogP contribution in [0.3, 0.4) is 0 Å². The highest BCUT2D eigenvalue weighted by atomic mass is 16.5. The third-order valence-corrected chi connectivity index (χ3v) is 5.85. The lowest BCUT2D eigenvalue weighted by Crippen LogP contribution is -2.48. The van der Waals surface area contributed by atoms with E-state index in [1.165, 1.54) is 6.20 Å². The molecular weight excluding hydrogens is 438 g/mol. The number of amides is 2. The number of aliphatic hydroxyl groups is 2. The molecule has 5 rings (SSSR count). The van der Waals surface area contributed by atoms with E-state index in [0.29, 0.717) is 5.82 Å². The number of fused-ring (bicyclic) bond motifs is 4. The fourth-order valence-corrected chi connectivity index (χ4v) is 4.21. The van der Waals surface area contributed by atoms with Gasteiger partial charge in [-0.15, -0.1) is 0 Å². The van der Waals surface area contributed by atoms with Crippen molar-refractivity contribution < 1.29 is 19.7 Å². The Bertz CT molecular complexity index is 1210. The maximum absolute atomic E-state index is 13.4. The molecule has 5 heterocycles. The monoisotopic (exact) mass is 463 g/mol. The van der Waals surface area contributed by atoms with Gasteiger partial charge in [0.25, 0.3) is 0 Å². The van der Waals surface area contributed by atoms with Crippen LogP contribution in [0, 0.1) is 6.92 Å². The number of ether oxygens (including phenoxy) is 1. The van der Waals surface area contributed by atoms with Crippen molar-refractivity contribution in [1.82, 2.24) is 19.9 Å². The summed E-state index contributed by atoms with van der Waals surface area (Å²) in [5.74, 6) is 0.867. The van der Waals surface area contributed by atoms with Gasteiger partial charge in [0, 0.05) is 36.7 Å². The van der Waals surface area contributed by atoms with Crippen molar-refractivity contribution in [2.24, 2.45) is 0 Å². The molecule has 1 fully saturated rings. The second-order valence-electron chi connectivity index (χ2n) is 8.29. The van der Waals surface area contributed by atoms with Crippen molar-refractivity contribution >= 4 is 23.4 Å². The molecule has 3 aromatic heterocycles. The Hall–Kier alpha value is -3.83. The summed E-state index contributed by atoms with van der Waals surface area (Å²) in [5, 5.41) is 21.2. The van der Waals surface area contributed by atoms with E-state index in [0.717, 1.165) is 42.1 Å². The first kappa shape index (κ1) is 22.0. The Balaban J connectivity index is 1.41. The van der Waals surface area contributed by atoms with Gasteiger partial charge in [0.05, 0.1) is 24.0 Å². The molecule has 0 aromatic carbocycles. The molecule has 11 nitrogen and oxygen atoms in total. The first-order valence-corrected chi connectivity index (χ1v) is 11.1. The minimum Gasteiger partial charge on any atom is -0.461 e. The van der Waals surface area contributed by atoms with Crippen LogP contribution in [0.15, 0.2) is 42.7 Å². The summed E-state index contributed by atoms with van der Waals surface area (Å²) < 4.78 is 5.28. The summed E-state index contributed by atoms with van der Waals surface area (Å²) in [7, 11) is 0. The van der Waals surface area contributed by atoms with E-state index in [2.05, 4.69) is 25.2 Å². The SMILES string of the molecule is Cc1cc(-c2ccc3c(n2)N(C(=O)Nc2ccnc(OC[C@@H](O)CO)n2)C2CCN3C2)ccn1. The molecule has 2 bridgehead atoms. The first-order valence-electron chi connectivity index (χ1n) is 11.1. The number of urea groups is 1. The third-order valence-electron chi connectivity index (χ3n) is 5.85. The molecule has 1 saturated heterocycles. The zero-order valence-corrected chi connectivity index (χ0v) is 18.6. The molecule has 34 heavy (non-hydrogen) atoms. The number of aliphatic hydroxyl groups excluding tert-OH is 2. The van der Waals surface area contributed by atoms with Gasteiger partial charge in [-0.05, 0) is 43.7 Å². The van der Waals surface area contributed by atoms with Crippen LogP contribution in [0.5, 0.6) is 6.01 Å². The van der Waals surface area contributed by atoms with Gasteiger partial charge in [0.15, 0.2) is 5.82 Å². The summed E-state index contributed by atoms with van der Waals surface area (Å²) in [6.45, 7) is 2.93. The predicted molar refractivity (Wildman–Crippen MR) is 125 cm³/mol. The minimum absolute atomic E-state index is 0.00770. The van der Waals surface area contributed by atoms with Crippen LogP contribution < -0.4 is 19.9 Å². The van der Waals surface area contributed by atoms with E-state index in [4.69, 9.17) is 14.8 Å². The Morgan fingerprint density at radius 3 is 2.91 bits per heavy atom. The van der Waals surface area contributed by atoms with E-state index in [1.807, 2.05) is 31.2 Å². The summed E-state index contributed by atoms with van der Waals surface area (Å²) in [6, 6.07) is 9.05. The quantitative estimate of drug-likeness (QED) is 0.498. The highest BCUT2D eigenvalue weighted by Crippen LogP contribution is 2.40. The molecule has 11 heteroatoms. The zero-order chi connectivity index (χ0) is 23.7. The molecule has 1 unspecified atom stereocenters. The van der Waals surface area contributed by atoms with Crippen LogP contribution in [0.1, 0.15) is 12.1 Å². The fourth-order valence-electron chi connectivity index (χ4n) is 4.21. The van der Waals surface area contributed by atoms with Crippen LogP contribution in [0.2, 0.25) is 0 Å². The third kappa shape index (κ3) is 4.35. The molecule has 176 valence electrons. The molecule has 2 amide bonds. The van der Waals surface area contributed by atoms with Gasteiger partial charge in [0.1, 0.15) is 18.5 Å². The Labute approximate surface area is 196 Å². The van der Waals surface area contributed by atoms with E-state index < -0.39 is 12.7 Å². The van der Waals surface area contributed by atoms with Gasteiger partial charge in [-0.2, -0.15) is 4.98 Å². The van der Waals surface area contributed by atoms with Crippen LogP contribution in [-0.4, -0.2) is 74.6 Å². The predicted octanol–water partition coefficient (Wildman–Crippen LogP) is 1.60. The van der Waals surface area contributed by atoms with Crippen LogP contribution in [0.4, 0.5) is 22.1 Å². The molecule has 0 saturated carbocycles.